The van der Waals surface area contributed by atoms with E-state index in [4.69, 9.17) is 5.11 Å². The average molecular weight is 283 g/mol. The largest absolute Gasteiger partial charge is 0.477 e. The first-order valence-corrected chi connectivity index (χ1v) is 4.69. The van der Waals surface area contributed by atoms with Gasteiger partial charge in [0.05, 0.1) is 0 Å². The second-order valence-corrected chi connectivity index (χ2v) is 3.42. The van der Waals surface area contributed by atoms with Gasteiger partial charge in [-0.15, -0.1) is 0 Å². The number of alkyl halides is 3. The number of carboxylic acid groups (broad SMARTS) is 1. The zero-order chi connectivity index (χ0) is 14.8. The molecule has 2 N–H and O–H groups in total. The topological polar surface area (TPSA) is 66.4 Å². The third-order valence-corrected chi connectivity index (χ3v) is 2.03. The van der Waals surface area contributed by atoms with Gasteiger partial charge in [0, 0.05) is 6.54 Å². The molecule has 0 aliphatic carbocycles. The highest BCUT2D eigenvalue weighted by Gasteiger charge is 2.38. The Balaban J connectivity index is 2.88. The fourth-order valence-electron chi connectivity index (χ4n) is 1.21. The van der Waals surface area contributed by atoms with Crippen molar-refractivity contribution in [1.82, 2.24) is 5.32 Å². The molecule has 19 heavy (non-hydrogen) atoms. The van der Waals surface area contributed by atoms with E-state index in [-0.39, 0.29) is 5.56 Å². The SMILES string of the molecule is O=C(O)c1c(F)cc(CNC(=O)C(F)(F)F)cc1F. The molecule has 0 saturated heterocycles. The summed E-state index contributed by atoms with van der Waals surface area (Å²) in [5.74, 6) is -7.00. The van der Waals surface area contributed by atoms with Gasteiger partial charge in [-0.2, -0.15) is 13.2 Å². The Morgan fingerprint density at radius 2 is 1.63 bits per heavy atom. The molecule has 1 amide bonds. The Labute approximate surface area is 102 Å². The van der Waals surface area contributed by atoms with E-state index in [9.17, 15) is 31.5 Å². The number of nitrogens with one attached hydrogen (secondary N) is 1. The Kier molecular flexibility index (Phi) is 4.07. The highest BCUT2D eigenvalue weighted by Crippen LogP contribution is 2.17. The van der Waals surface area contributed by atoms with Crippen molar-refractivity contribution < 1.29 is 36.6 Å². The summed E-state index contributed by atoms with van der Waals surface area (Å²) in [7, 11) is 0. The van der Waals surface area contributed by atoms with Crippen molar-refractivity contribution in [3.8, 4) is 0 Å². The number of halogens is 5. The van der Waals surface area contributed by atoms with Gasteiger partial charge in [-0.05, 0) is 17.7 Å². The van der Waals surface area contributed by atoms with Gasteiger partial charge in [0.15, 0.2) is 0 Å². The lowest BCUT2D eigenvalue weighted by atomic mass is 10.1. The molecule has 0 aliphatic heterocycles. The van der Waals surface area contributed by atoms with E-state index < -0.39 is 41.8 Å². The van der Waals surface area contributed by atoms with Crippen molar-refractivity contribution >= 4 is 11.9 Å². The summed E-state index contributed by atoms with van der Waals surface area (Å²) in [5, 5.41) is 9.86. The highest BCUT2D eigenvalue weighted by molar-refractivity contribution is 5.88. The van der Waals surface area contributed by atoms with Crippen LogP contribution in [0.15, 0.2) is 12.1 Å². The molecule has 4 nitrogen and oxygen atoms in total. The van der Waals surface area contributed by atoms with Gasteiger partial charge in [-0.25, -0.2) is 13.6 Å². The van der Waals surface area contributed by atoms with E-state index in [1.54, 1.807) is 0 Å². The highest BCUT2D eigenvalue weighted by atomic mass is 19.4. The van der Waals surface area contributed by atoms with Crippen LogP contribution in [0.25, 0.3) is 0 Å². The molecule has 0 fully saturated rings. The summed E-state index contributed by atoms with van der Waals surface area (Å²) in [4.78, 5) is 20.9. The fraction of sp³-hybridized carbons (Fsp3) is 0.200. The van der Waals surface area contributed by atoms with Crippen molar-refractivity contribution in [1.29, 1.82) is 0 Å². The molecular formula is C10H6F5NO3. The number of carbonyl (C=O) groups excluding carboxylic acids is 1. The van der Waals surface area contributed by atoms with Crippen LogP contribution < -0.4 is 5.32 Å². The minimum atomic E-state index is -5.11. The number of rotatable bonds is 3. The molecule has 9 heteroatoms. The predicted molar refractivity (Wildman–Crippen MR) is 51.2 cm³/mol. The lowest BCUT2D eigenvalue weighted by molar-refractivity contribution is -0.173. The van der Waals surface area contributed by atoms with Gasteiger partial charge in [0.1, 0.15) is 17.2 Å². The van der Waals surface area contributed by atoms with Crippen LogP contribution in [0.1, 0.15) is 15.9 Å². The summed E-state index contributed by atoms with van der Waals surface area (Å²) in [6, 6.07) is 1.06. The maximum atomic E-state index is 13.2. The monoisotopic (exact) mass is 283 g/mol. The van der Waals surface area contributed by atoms with E-state index in [2.05, 4.69) is 0 Å². The summed E-state index contributed by atoms with van der Waals surface area (Å²) in [6.07, 6.45) is -5.11. The van der Waals surface area contributed by atoms with Crippen LogP contribution >= 0.6 is 0 Å². The van der Waals surface area contributed by atoms with Gasteiger partial charge in [0.2, 0.25) is 0 Å². The Bertz CT molecular complexity index is 503. The first kappa shape index (κ1) is 14.9. The van der Waals surface area contributed by atoms with Crippen LogP contribution in [0.4, 0.5) is 22.0 Å². The summed E-state index contributed by atoms with van der Waals surface area (Å²) in [6.45, 7) is -0.786. The second-order valence-electron chi connectivity index (χ2n) is 3.42. The first-order valence-electron chi connectivity index (χ1n) is 4.69. The second kappa shape index (κ2) is 5.21. The van der Waals surface area contributed by atoms with Crippen LogP contribution in [0.5, 0.6) is 0 Å². The molecule has 1 aromatic rings. The maximum Gasteiger partial charge on any atom is 0.471 e. The average Bonchev–Trinajstić information content (AvgIpc) is 2.22. The van der Waals surface area contributed by atoms with E-state index >= 15 is 0 Å². The molecule has 104 valence electrons. The number of aromatic carboxylic acids is 1. The molecule has 0 bridgehead atoms. The number of benzene rings is 1. The van der Waals surface area contributed by atoms with Crippen LogP contribution in [0, 0.1) is 11.6 Å². The molecule has 1 aromatic carbocycles. The molecule has 0 spiro atoms. The van der Waals surface area contributed by atoms with Crippen molar-refractivity contribution in [3.05, 3.63) is 34.9 Å². The Morgan fingerprint density at radius 3 is 2.00 bits per heavy atom. The number of carboxylic acids is 1. The van der Waals surface area contributed by atoms with E-state index in [1.807, 2.05) is 0 Å². The van der Waals surface area contributed by atoms with Gasteiger partial charge in [0.25, 0.3) is 0 Å². The van der Waals surface area contributed by atoms with Gasteiger partial charge < -0.3 is 10.4 Å². The lowest BCUT2D eigenvalue weighted by Gasteiger charge is -2.09. The smallest absolute Gasteiger partial charge is 0.471 e. The maximum absolute atomic E-state index is 13.2. The quantitative estimate of drug-likeness (QED) is 0.832. The number of carbonyl (C=O) groups is 2. The number of hydrogen-bond donors (Lipinski definition) is 2. The summed E-state index contributed by atoms with van der Waals surface area (Å²) in [5.41, 5.74) is -1.55. The molecular weight excluding hydrogens is 277 g/mol. The Hall–Kier alpha value is -2.19. The molecule has 0 heterocycles. The molecule has 0 aromatic heterocycles. The van der Waals surface area contributed by atoms with Crippen LogP contribution in [-0.4, -0.2) is 23.2 Å². The van der Waals surface area contributed by atoms with Crippen molar-refractivity contribution in [3.63, 3.8) is 0 Å². The fourth-order valence-corrected chi connectivity index (χ4v) is 1.21. The minimum absolute atomic E-state index is 0.336. The molecule has 0 radical (unpaired) electrons. The van der Waals surface area contributed by atoms with Gasteiger partial charge in [-0.1, -0.05) is 0 Å². The van der Waals surface area contributed by atoms with Gasteiger partial charge in [-0.3, -0.25) is 4.79 Å². The van der Waals surface area contributed by atoms with Crippen LogP contribution in [0.3, 0.4) is 0 Å². The van der Waals surface area contributed by atoms with Crippen molar-refractivity contribution in [2.75, 3.05) is 0 Å². The number of hydrogen-bond acceptors (Lipinski definition) is 2. The predicted octanol–water partition coefficient (Wildman–Crippen LogP) is 1.84. The van der Waals surface area contributed by atoms with E-state index in [0.29, 0.717) is 12.1 Å². The summed E-state index contributed by atoms with van der Waals surface area (Å²) < 4.78 is 61.9. The molecule has 0 atom stereocenters. The minimum Gasteiger partial charge on any atom is -0.477 e. The lowest BCUT2D eigenvalue weighted by Crippen LogP contribution is -2.36. The normalized spacial score (nSPS) is 11.2. The zero-order valence-electron chi connectivity index (χ0n) is 9.02. The van der Waals surface area contributed by atoms with Crippen molar-refractivity contribution in [2.24, 2.45) is 0 Å². The molecule has 1 rings (SSSR count). The third kappa shape index (κ3) is 3.63. The Morgan fingerprint density at radius 1 is 1.16 bits per heavy atom. The third-order valence-electron chi connectivity index (χ3n) is 2.03. The van der Waals surface area contributed by atoms with E-state index in [0.717, 1.165) is 0 Å². The summed E-state index contributed by atoms with van der Waals surface area (Å²) >= 11 is 0. The number of amides is 1. The van der Waals surface area contributed by atoms with Gasteiger partial charge >= 0.3 is 18.1 Å². The van der Waals surface area contributed by atoms with Crippen molar-refractivity contribution in [2.45, 2.75) is 12.7 Å². The zero-order valence-corrected chi connectivity index (χ0v) is 9.02. The van der Waals surface area contributed by atoms with Crippen LogP contribution in [-0.2, 0) is 11.3 Å². The first-order chi connectivity index (χ1) is 8.62. The van der Waals surface area contributed by atoms with E-state index in [1.165, 1.54) is 5.32 Å². The molecule has 0 saturated carbocycles. The van der Waals surface area contributed by atoms with Crippen LogP contribution in [0.2, 0.25) is 0 Å². The molecule has 0 aliphatic rings. The molecule has 0 unspecified atom stereocenters. The standard InChI is InChI=1S/C10H6F5NO3/c11-5-1-4(2-6(12)7(5)8(17)18)3-16-9(19)10(13,14)15/h1-2H,3H2,(H,16,19)(H,17,18).